The maximum Gasteiger partial charge on any atom is 0.151 e. The van der Waals surface area contributed by atoms with E-state index in [-0.39, 0.29) is 0 Å². The summed E-state index contributed by atoms with van der Waals surface area (Å²) >= 11 is 0. The first-order valence-electron chi connectivity index (χ1n) is 4.78. The first-order chi connectivity index (χ1) is 6.38. The molecule has 0 atom stereocenters. The molecule has 72 valence electrons. The summed E-state index contributed by atoms with van der Waals surface area (Å²) < 4.78 is 0. The van der Waals surface area contributed by atoms with Gasteiger partial charge in [0.05, 0.1) is 5.69 Å². The van der Waals surface area contributed by atoms with Gasteiger partial charge in [-0.3, -0.25) is 0 Å². The van der Waals surface area contributed by atoms with Gasteiger partial charge < -0.3 is 10.2 Å². The number of hydrogen-bond acceptors (Lipinski definition) is 3. The number of rotatable bonds is 0. The van der Waals surface area contributed by atoms with Crippen molar-refractivity contribution < 1.29 is 0 Å². The van der Waals surface area contributed by atoms with Crippen LogP contribution in [0.15, 0.2) is 18.3 Å². The molecule has 0 fully saturated rings. The van der Waals surface area contributed by atoms with Crippen LogP contribution >= 0.6 is 0 Å². The zero-order chi connectivity index (χ0) is 9.68. The summed E-state index contributed by atoms with van der Waals surface area (Å²) in [6.45, 7) is 6.04. The molecule has 0 radical (unpaired) electrons. The fourth-order valence-electron chi connectivity index (χ4n) is 1.30. The topological polar surface area (TPSA) is 28.2 Å². The molecule has 1 aliphatic rings. The number of nitrogens with zero attached hydrogens (tertiary/aromatic N) is 2. The smallest absolute Gasteiger partial charge is 0.151 e. The van der Waals surface area contributed by atoms with Crippen molar-refractivity contribution in [2.24, 2.45) is 0 Å². The number of likely N-dealkylation sites (N-methyl/N-ethyl adjacent to an activating group) is 1. The second-order valence-electron chi connectivity index (χ2n) is 2.72. The SMILES string of the molecule is CC.CN1CCNc2cccnc21. The summed E-state index contributed by atoms with van der Waals surface area (Å²) in [5.74, 6) is 1.05. The summed E-state index contributed by atoms with van der Waals surface area (Å²) in [6, 6.07) is 4.00. The lowest BCUT2D eigenvalue weighted by Crippen LogP contribution is -2.31. The lowest BCUT2D eigenvalue weighted by atomic mass is 10.3. The van der Waals surface area contributed by atoms with Crippen molar-refractivity contribution in [3.8, 4) is 0 Å². The molecule has 13 heavy (non-hydrogen) atoms. The third kappa shape index (κ3) is 2.11. The molecule has 2 heterocycles. The van der Waals surface area contributed by atoms with Gasteiger partial charge >= 0.3 is 0 Å². The Hall–Kier alpha value is -1.25. The molecule has 0 unspecified atom stereocenters. The summed E-state index contributed by atoms with van der Waals surface area (Å²) in [5, 5.41) is 3.29. The number of fused-ring (bicyclic) bond motifs is 1. The highest BCUT2D eigenvalue weighted by atomic mass is 15.2. The molecule has 0 aromatic carbocycles. The molecule has 0 aliphatic carbocycles. The molecule has 2 rings (SSSR count). The Balaban J connectivity index is 0.000000396. The summed E-state index contributed by atoms with van der Waals surface area (Å²) in [7, 11) is 2.06. The lowest BCUT2D eigenvalue weighted by molar-refractivity contribution is 0.864. The van der Waals surface area contributed by atoms with E-state index in [1.54, 1.807) is 0 Å². The molecular formula is C10H17N3. The van der Waals surface area contributed by atoms with Gasteiger partial charge in [-0.2, -0.15) is 0 Å². The minimum absolute atomic E-state index is 1.01. The third-order valence-corrected chi connectivity index (χ3v) is 1.91. The molecule has 1 aliphatic heterocycles. The highest BCUT2D eigenvalue weighted by molar-refractivity contribution is 5.66. The quantitative estimate of drug-likeness (QED) is 0.660. The largest absolute Gasteiger partial charge is 0.380 e. The molecule has 0 amide bonds. The van der Waals surface area contributed by atoms with Gasteiger partial charge in [-0.15, -0.1) is 0 Å². The lowest BCUT2D eigenvalue weighted by Gasteiger charge is -2.26. The molecule has 1 aromatic rings. The van der Waals surface area contributed by atoms with Gasteiger partial charge in [0.15, 0.2) is 5.82 Å². The highest BCUT2D eigenvalue weighted by Crippen LogP contribution is 2.23. The van der Waals surface area contributed by atoms with E-state index in [2.05, 4.69) is 28.3 Å². The summed E-state index contributed by atoms with van der Waals surface area (Å²) in [5.41, 5.74) is 1.14. The Morgan fingerprint density at radius 3 is 2.92 bits per heavy atom. The van der Waals surface area contributed by atoms with E-state index >= 15 is 0 Å². The van der Waals surface area contributed by atoms with E-state index in [0.717, 1.165) is 24.6 Å². The average Bonchev–Trinajstić information content (AvgIpc) is 2.22. The maximum atomic E-state index is 4.26. The minimum Gasteiger partial charge on any atom is -0.380 e. The van der Waals surface area contributed by atoms with Crippen LogP contribution in [0.25, 0.3) is 0 Å². The van der Waals surface area contributed by atoms with E-state index in [9.17, 15) is 0 Å². The average molecular weight is 179 g/mol. The van der Waals surface area contributed by atoms with Gasteiger partial charge in [-0.25, -0.2) is 4.98 Å². The van der Waals surface area contributed by atoms with Crippen LogP contribution in [0.5, 0.6) is 0 Å². The molecule has 1 N–H and O–H groups in total. The predicted molar refractivity (Wildman–Crippen MR) is 57.3 cm³/mol. The van der Waals surface area contributed by atoms with Gasteiger partial charge in [-0.05, 0) is 12.1 Å². The minimum atomic E-state index is 1.01. The second-order valence-corrected chi connectivity index (χ2v) is 2.72. The van der Waals surface area contributed by atoms with Crippen LogP contribution in [-0.2, 0) is 0 Å². The van der Waals surface area contributed by atoms with Crippen LogP contribution in [0.2, 0.25) is 0 Å². The van der Waals surface area contributed by atoms with E-state index in [0.29, 0.717) is 0 Å². The van der Waals surface area contributed by atoms with Gasteiger partial charge in [0.25, 0.3) is 0 Å². The first-order valence-corrected chi connectivity index (χ1v) is 4.78. The molecular weight excluding hydrogens is 162 g/mol. The fourth-order valence-corrected chi connectivity index (χ4v) is 1.30. The van der Waals surface area contributed by atoms with Gasteiger partial charge in [0.2, 0.25) is 0 Å². The van der Waals surface area contributed by atoms with Gasteiger partial charge in [0.1, 0.15) is 0 Å². The molecule has 0 saturated carbocycles. The Labute approximate surface area is 79.8 Å². The van der Waals surface area contributed by atoms with Crippen molar-refractivity contribution in [3.63, 3.8) is 0 Å². The maximum absolute atomic E-state index is 4.26. The number of anilines is 2. The van der Waals surface area contributed by atoms with E-state index in [4.69, 9.17) is 0 Å². The number of hydrogen-bond donors (Lipinski definition) is 1. The Morgan fingerprint density at radius 2 is 2.23 bits per heavy atom. The third-order valence-electron chi connectivity index (χ3n) is 1.91. The Kier molecular flexibility index (Phi) is 3.55. The summed E-state index contributed by atoms with van der Waals surface area (Å²) in [4.78, 5) is 6.42. The summed E-state index contributed by atoms with van der Waals surface area (Å²) in [6.07, 6.45) is 1.82. The van der Waals surface area contributed by atoms with E-state index in [1.165, 1.54) is 0 Å². The van der Waals surface area contributed by atoms with Crippen molar-refractivity contribution in [1.29, 1.82) is 0 Å². The zero-order valence-corrected chi connectivity index (χ0v) is 8.54. The van der Waals surface area contributed by atoms with E-state index < -0.39 is 0 Å². The van der Waals surface area contributed by atoms with Crippen molar-refractivity contribution >= 4 is 11.5 Å². The normalized spacial score (nSPS) is 13.6. The van der Waals surface area contributed by atoms with E-state index in [1.807, 2.05) is 26.1 Å². The van der Waals surface area contributed by atoms with Gasteiger partial charge in [-0.1, -0.05) is 13.8 Å². The predicted octanol–water partition coefficient (Wildman–Crippen LogP) is 1.97. The monoisotopic (exact) mass is 179 g/mol. The Morgan fingerprint density at radius 1 is 1.46 bits per heavy atom. The molecule has 0 spiro atoms. The highest BCUT2D eigenvalue weighted by Gasteiger charge is 2.11. The number of aromatic nitrogens is 1. The number of pyridine rings is 1. The van der Waals surface area contributed by atoms with Crippen LogP contribution < -0.4 is 10.2 Å². The molecule has 3 heteroatoms. The van der Waals surface area contributed by atoms with Crippen molar-refractivity contribution in [2.75, 3.05) is 30.4 Å². The van der Waals surface area contributed by atoms with Crippen LogP contribution in [0.1, 0.15) is 13.8 Å². The second kappa shape index (κ2) is 4.70. The molecule has 3 nitrogen and oxygen atoms in total. The molecule has 1 aromatic heterocycles. The van der Waals surface area contributed by atoms with Crippen LogP contribution in [0, 0.1) is 0 Å². The fraction of sp³-hybridized carbons (Fsp3) is 0.500. The van der Waals surface area contributed by atoms with Crippen LogP contribution in [-0.4, -0.2) is 25.1 Å². The van der Waals surface area contributed by atoms with Gasteiger partial charge in [0, 0.05) is 26.3 Å². The van der Waals surface area contributed by atoms with Crippen molar-refractivity contribution in [3.05, 3.63) is 18.3 Å². The van der Waals surface area contributed by atoms with Crippen LogP contribution in [0.4, 0.5) is 11.5 Å². The first kappa shape index (κ1) is 9.84. The molecule has 0 saturated heterocycles. The van der Waals surface area contributed by atoms with Crippen LogP contribution in [0.3, 0.4) is 0 Å². The van der Waals surface area contributed by atoms with Crippen molar-refractivity contribution in [2.45, 2.75) is 13.8 Å². The standard InChI is InChI=1S/C8H11N3.C2H6/c1-11-6-5-9-7-3-2-4-10-8(7)11;1-2/h2-4,9H,5-6H2,1H3;1-2H3. The van der Waals surface area contributed by atoms with Crippen molar-refractivity contribution in [1.82, 2.24) is 4.98 Å². The Bertz CT molecular complexity index is 260. The molecule has 0 bridgehead atoms. The zero-order valence-electron chi connectivity index (χ0n) is 8.54. The number of nitrogens with one attached hydrogen (secondary N) is 1.